The van der Waals surface area contributed by atoms with Crippen LogP contribution in [0.2, 0.25) is 5.02 Å². The average molecular weight is 389 g/mol. The Balaban J connectivity index is 2.26. The number of ether oxygens (including phenoxy) is 1. The van der Waals surface area contributed by atoms with Crippen LogP contribution in [0.25, 0.3) is 0 Å². The number of nitrogens with zero attached hydrogens (tertiary/aromatic N) is 2. The second-order valence-electron chi connectivity index (χ2n) is 6.17. The molecule has 0 saturated carbocycles. The van der Waals surface area contributed by atoms with E-state index in [1.807, 2.05) is 0 Å². The van der Waals surface area contributed by atoms with Crippen molar-refractivity contribution in [2.45, 2.75) is 31.7 Å². The molecular weight excluding hydrogens is 367 g/mol. The van der Waals surface area contributed by atoms with Gasteiger partial charge >= 0.3 is 5.97 Å². The Labute approximate surface area is 156 Å². The van der Waals surface area contributed by atoms with Crippen LogP contribution in [-0.2, 0) is 25.6 Å². The lowest BCUT2D eigenvalue weighted by Gasteiger charge is -2.42. The van der Waals surface area contributed by atoms with Crippen LogP contribution in [0.3, 0.4) is 0 Å². The third-order valence-corrected chi connectivity index (χ3v) is 5.25. The molecule has 0 atom stereocenters. The van der Waals surface area contributed by atoms with Crippen molar-refractivity contribution in [2.24, 2.45) is 0 Å². The molecule has 0 bridgehead atoms. The van der Waals surface area contributed by atoms with E-state index in [1.165, 1.54) is 26.4 Å². The van der Waals surface area contributed by atoms with Crippen molar-refractivity contribution in [3.8, 4) is 0 Å². The van der Waals surface area contributed by atoms with E-state index in [9.17, 15) is 19.2 Å². The first-order valence-electron chi connectivity index (χ1n) is 8.09. The van der Waals surface area contributed by atoms with Gasteiger partial charge in [-0.3, -0.25) is 10.0 Å². The molecule has 1 N–H and O–H groups in total. The summed E-state index contributed by atoms with van der Waals surface area (Å²) in [5, 5.41) is 12.6. The molecule has 1 heterocycles. The number of halogens is 2. The molecule has 0 aliphatic carbocycles. The summed E-state index contributed by atoms with van der Waals surface area (Å²) >= 11 is 6.09. The highest BCUT2D eigenvalue weighted by Gasteiger charge is 2.50. The number of aryl methyl sites for hydroxylation is 1. The standard InChI is InChI=1S/C17H22ClFN2O5/c1-11-4-5-13(19)12(15(11)18)10-14(22)21(24)17(16(23)25-2)6-8-20(26-3)9-7-17/h4-5,24H,6-10H2,1-3H3. The summed E-state index contributed by atoms with van der Waals surface area (Å²) in [6.07, 6.45) is -0.255. The first-order chi connectivity index (χ1) is 12.3. The van der Waals surface area contributed by atoms with Gasteiger partial charge in [-0.25, -0.2) is 14.2 Å². The van der Waals surface area contributed by atoms with Crippen molar-refractivity contribution in [1.29, 1.82) is 0 Å². The Morgan fingerprint density at radius 2 is 1.96 bits per heavy atom. The first kappa shape index (κ1) is 20.6. The summed E-state index contributed by atoms with van der Waals surface area (Å²) in [7, 11) is 2.68. The number of esters is 1. The number of rotatable bonds is 5. The molecule has 144 valence electrons. The van der Waals surface area contributed by atoms with Gasteiger partial charge in [0.15, 0.2) is 5.54 Å². The summed E-state index contributed by atoms with van der Waals surface area (Å²) in [5.74, 6) is -2.23. The number of hydrogen-bond donors (Lipinski definition) is 1. The molecule has 26 heavy (non-hydrogen) atoms. The Morgan fingerprint density at radius 1 is 1.35 bits per heavy atom. The fraction of sp³-hybridized carbons (Fsp3) is 0.529. The van der Waals surface area contributed by atoms with Gasteiger partial charge in [0.1, 0.15) is 5.82 Å². The zero-order valence-electron chi connectivity index (χ0n) is 14.9. The van der Waals surface area contributed by atoms with E-state index in [0.29, 0.717) is 23.7 Å². The summed E-state index contributed by atoms with van der Waals surface area (Å²) in [5.41, 5.74) is -0.963. The molecule has 1 aliphatic heterocycles. The quantitative estimate of drug-likeness (QED) is 0.473. The number of carbonyl (C=O) groups excluding carboxylic acids is 2. The molecule has 1 amide bonds. The van der Waals surface area contributed by atoms with E-state index in [4.69, 9.17) is 21.2 Å². The van der Waals surface area contributed by atoms with Crippen LogP contribution in [0.5, 0.6) is 0 Å². The highest BCUT2D eigenvalue weighted by atomic mass is 35.5. The van der Waals surface area contributed by atoms with Gasteiger partial charge in [0.25, 0.3) is 5.91 Å². The number of methoxy groups -OCH3 is 1. The van der Waals surface area contributed by atoms with Gasteiger partial charge in [0, 0.05) is 18.7 Å². The Hall–Kier alpha value is -1.74. The summed E-state index contributed by atoms with van der Waals surface area (Å²) in [6, 6.07) is 2.71. The van der Waals surface area contributed by atoms with Crippen LogP contribution in [0.4, 0.5) is 4.39 Å². The number of carbonyl (C=O) groups is 2. The molecule has 0 radical (unpaired) electrons. The van der Waals surface area contributed by atoms with Gasteiger partial charge in [-0.2, -0.15) is 5.06 Å². The second-order valence-corrected chi connectivity index (χ2v) is 6.55. The van der Waals surface area contributed by atoms with Crippen molar-refractivity contribution < 1.29 is 28.8 Å². The Kier molecular flexibility index (Phi) is 6.57. The average Bonchev–Trinajstić information content (AvgIpc) is 2.66. The lowest BCUT2D eigenvalue weighted by Crippen LogP contribution is -2.61. The van der Waals surface area contributed by atoms with Crippen LogP contribution in [0.1, 0.15) is 24.0 Å². The maximum atomic E-state index is 14.1. The third-order valence-electron chi connectivity index (χ3n) is 4.72. The van der Waals surface area contributed by atoms with Gasteiger partial charge in [0.05, 0.1) is 25.7 Å². The molecule has 7 nitrogen and oxygen atoms in total. The first-order valence-corrected chi connectivity index (χ1v) is 8.47. The third kappa shape index (κ3) is 3.83. The SMILES string of the molecule is COC(=O)C1(N(O)C(=O)Cc2c(F)ccc(C)c2Cl)CCN(OC)CC1. The van der Waals surface area contributed by atoms with Crippen molar-refractivity contribution in [2.75, 3.05) is 27.3 Å². The maximum absolute atomic E-state index is 14.1. The number of amides is 1. The van der Waals surface area contributed by atoms with Gasteiger partial charge in [-0.05, 0) is 31.4 Å². The minimum Gasteiger partial charge on any atom is -0.467 e. The monoisotopic (exact) mass is 388 g/mol. The molecule has 2 rings (SSSR count). The Bertz CT molecular complexity index is 692. The van der Waals surface area contributed by atoms with Crippen molar-refractivity contribution in [1.82, 2.24) is 10.1 Å². The maximum Gasteiger partial charge on any atom is 0.334 e. The molecule has 1 aromatic rings. The van der Waals surface area contributed by atoms with E-state index in [0.717, 1.165) is 0 Å². The highest BCUT2D eigenvalue weighted by molar-refractivity contribution is 6.32. The molecule has 1 aliphatic rings. The largest absolute Gasteiger partial charge is 0.467 e. The topological polar surface area (TPSA) is 79.3 Å². The molecule has 9 heteroatoms. The number of hydroxylamine groups is 4. The van der Waals surface area contributed by atoms with Gasteiger partial charge in [0.2, 0.25) is 0 Å². The van der Waals surface area contributed by atoms with Crippen LogP contribution < -0.4 is 0 Å². The number of piperidine rings is 1. The van der Waals surface area contributed by atoms with Crippen LogP contribution in [0, 0.1) is 12.7 Å². The second kappa shape index (κ2) is 8.30. The summed E-state index contributed by atoms with van der Waals surface area (Å²) in [6.45, 7) is 2.31. The fourth-order valence-corrected chi connectivity index (χ4v) is 3.29. The predicted molar refractivity (Wildman–Crippen MR) is 91.0 cm³/mol. The summed E-state index contributed by atoms with van der Waals surface area (Å²) in [4.78, 5) is 30.0. The highest BCUT2D eigenvalue weighted by Crippen LogP contribution is 2.31. The van der Waals surface area contributed by atoms with Crippen molar-refractivity contribution in [3.63, 3.8) is 0 Å². The zero-order chi connectivity index (χ0) is 19.5. The minimum absolute atomic E-state index is 0.0231. The van der Waals surface area contributed by atoms with Gasteiger partial charge < -0.3 is 9.57 Å². The fourth-order valence-electron chi connectivity index (χ4n) is 3.07. The Morgan fingerprint density at radius 3 is 2.50 bits per heavy atom. The predicted octanol–water partition coefficient (Wildman–Crippen LogP) is 2.12. The van der Waals surface area contributed by atoms with Gasteiger partial charge in [-0.15, -0.1) is 0 Å². The van der Waals surface area contributed by atoms with Gasteiger partial charge in [-0.1, -0.05) is 17.7 Å². The molecule has 1 aromatic carbocycles. The summed E-state index contributed by atoms with van der Waals surface area (Å²) < 4.78 is 18.9. The van der Waals surface area contributed by atoms with Crippen molar-refractivity contribution in [3.05, 3.63) is 34.1 Å². The number of hydrogen-bond acceptors (Lipinski definition) is 6. The molecule has 1 saturated heterocycles. The molecular formula is C17H22ClFN2O5. The normalized spacial score (nSPS) is 17.0. The van der Waals surface area contributed by atoms with E-state index < -0.39 is 29.7 Å². The molecule has 1 fully saturated rings. The van der Waals surface area contributed by atoms with E-state index in [2.05, 4.69) is 0 Å². The lowest BCUT2D eigenvalue weighted by atomic mass is 9.87. The van der Waals surface area contributed by atoms with Crippen molar-refractivity contribution >= 4 is 23.5 Å². The molecule has 0 unspecified atom stereocenters. The molecule has 0 spiro atoms. The van der Waals surface area contributed by atoms with E-state index >= 15 is 0 Å². The molecule has 0 aromatic heterocycles. The smallest absolute Gasteiger partial charge is 0.334 e. The van der Waals surface area contributed by atoms with Crippen LogP contribution >= 0.6 is 11.6 Å². The number of benzene rings is 1. The van der Waals surface area contributed by atoms with E-state index in [-0.39, 0.29) is 23.4 Å². The minimum atomic E-state index is -1.55. The zero-order valence-corrected chi connectivity index (χ0v) is 15.7. The van der Waals surface area contributed by atoms with Crippen LogP contribution in [0.15, 0.2) is 12.1 Å². The van der Waals surface area contributed by atoms with E-state index in [1.54, 1.807) is 12.0 Å². The lowest BCUT2D eigenvalue weighted by molar-refractivity contribution is -0.228. The van der Waals surface area contributed by atoms with Crippen LogP contribution in [-0.4, -0.2) is 60.1 Å².